The zero-order chi connectivity index (χ0) is 15.3. The van der Waals surface area contributed by atoms with Crippen LogP contribution in [0.1, 0.15) is 36.2 Å². The van der Waals surface area contributed by atoms with E-state index in [-0.39, 0.29) is 17.2 Å². The number of hydrazine groups is 1. The number of hydrogen-bond donors (Lipinski definition) is 3. The van der Waals surface area contributed by atoms with Crippen LogP contribution in [-0.4, -0.2) is 12.5 Å². The number of nitrogen functional groups attached to an aromatic ring is 1. The van der Waals surface area contributed by atoms with Gasteiger partial charge in [0.05, 0.1) is 16.8 Å². The minimum atomic E-state index is -4.50. The third-order valence-corrected chi connectivity index (χ3v) is 3.06. The number of benzene rings is 1. The van der Waals surface area contributed by atoms with Gasteiger partial charge in [0.25, 0.3) is 5.91 Å². The molecule has 20 heavy (non-hydrogen) atoms. The van der Waals surface area contributed by atoms with Gasteiger partial charge in [0.1, 0.15) is 0 Å². The highest BCUT2D eigenvalue weighted by molar-refractivity contribution is 5.99. The second kappa shape index (κ2) is 6.60. The van der Waals surface area contributed by atoms with Crippen molar-refractivity contribution in [1.82, 2.24) is 5.32 Å². The topological polar surface area (TPSA) is 67.2 Å². The van der Waals surface area contributed by atoms with Gasteiger partial charge in [-0.3, -0.25) is 10.6 Å². The molecule has 0 radical (unpaired) electrons. The van der Waals surface area contributed by atoms with E-state index in [9.17, 15) is 18.0 Å². The van der Waals surface area contributed by atoms with Gasteiger partial charge in [0.15, 0.2) is 0 Å². The number of halogens is 3. The van der Waals surface area contributed by atoms with Gasteiger partial charge in [0, 0.05) is 6.54 Å². The Bertz CT molecular complexity index is 474. The summed E-state index contributed by atoms with van der Waals surface area (Å²) in [6.07, 6.45) is -3.64. The SMILES string of the molecule is CCC(C)CNC(=O)c1cc(C(F)(F)F)ccc1NN. The summed E-state index contributed by atoms with van der Waals surface area (Å²) in [7, 11) is 0. The first-order valence-electron chi connectivity index (χ1n) is 6.25. The van der Waals surface area contributed by atoms with Gasteiger partial charge in [-0.2, -0.15) is 13.2 Å². The van der Waals surface area contributed by atoms with Crippen LogP contribution in [0, 0.1) is 5.92 Å². The molecule has 112 valence electrons. The van der Waals surface area contributed by atoms with Crippen molar-refractivity contribution in [3.05, 3.63) is 29.3 Å². The van der Waals surface area contributed by atoms with Gasteiger partial charge in [-0.25, -0.2) is 0 Å². The number of carbonyl (C=O) groups excluding carboxylic acids is 1. The van der Waals surface area contributed by atoms with Crippen LogP contribution in [0.25, 0.3) is 0 Å². The van der Waals surface area contributed by atoms with Crippen LogP contribution in [0.5, 0.6) is 0 Å². The summed E-state index contributed by atoms with van der Waals surface area (Å²) in [6, 6.07) is 2.81. The number of amides is 1. The minimum absolute atomic E-state index is 0.120. The largest absolute Gasteiger partial charge is 0.416 e. The molecular formula is C13H18F3N3O. The van der Waals surface area contributed by atoms with Crippen LogP contribution in [0.2, 0.25) is 0 Å². The number of rotatable bonds is 5. The Kier molecular flexibility index (Phi) is 5.38. The van der Waals surface area contributed by atoms with E-state index in [0.29, 0.717) is 6.54 Å². The van der Waals surface area contributed by atoms with Crippen molar-refractivity contribution < 1.29 is 18.0 Å². The molecule has 4 nitrogen and oxygen atoms in total. The molecule has 4 N–H and O–H groups in total. The molecule has 1 unspecified atom stereocenters. The van der Waals surface area contributed by atoms with Crippen LogP contribution in [0.15, 0.2) is 18.2 Å². The first-order valence-corrected chi connectivity index (χ1v) is 6.25. The zero-order valence-corrected chi connectivity index (χ0v) is 11.3. The minimum Gasteiger partial charge on any atom is -0.352 e. The Hall–Kier alpha value is -1.76. The van der Waals surface area contributed by atoms with Crippen molar-refractivity contribution in [2.24, 2.45) is 11.8 Å². The number of anilines is 1. The maximum atomic E-state index is 12.7. The monoisotopic (exact) mass is 289 g/mol. The molecule has 1 atom stereocenters. The fourth-order valence-corrected chi connectivity index (χ4v) is 1.54. The van der Waals surface area contributed by atoms with Gasteiger partial charge in [0.2, 0.25) is 0 Å². The molecular weight excluding hydrogens is 271 g/mol. The molecule has 1 rings (SSSR count). The summed E-state index contributed by atoms with van der Waals surface area (Å²) in [5.41, 5.74) is 1.38. The number of nitrogens with two attached hydrogens (primary N) is 1. The van der Waals surface area contributed by atoms with Gasteiger partial charge < -0.3 is 10.7 Å². The Morgan fingerprint density at radius 1 is 1.40 bits per heavy atom. The average Bonchev–Trinajstić information content (AvgIpc) is 2.42. The number of alkyl halides is 3. The number of nitrogens with one attached hydrogen (secondary N) is 2. The predicted octanol–water partition coefficient (Wildman–Crippen LogP) is 2.77. The van der Waals surface area contributed by atoms with E-state index in [4.69, 9.17) is 5.84 Å². The van der Waals surface area contributed by atoms with E-state index >= 15 is 0 Å². The standard InChI is InChI=1S/C13H18F3N3O/c1-3-8(2)7-18-12(20)10-6-9(13(14,15)16)4-5-11(10)19-17/h4-6,8,19H,3,7,17H2,1-2H3,(H,18,20). The van der Waals surface area contributed by atoms with Crippen molar-refractivity contribution >= 4 is 11.6 Å². The predicted molar refractivity (Wildman–Crippen MR) is 71.0 cm³/mol. The normalized spacial score (nSPS) is 12.9. The number of carbonyl (C=O) groups is 1. The first-order chi connectivity index (χ1) is 9.29. The quantitative estimate of drug-likeness (QED) is 0.577. The van der Waals surface area contributed by atoms with Gasteiger partial charge >= 0.3 is 6.18 Å². The molecule has 1 amide bonds. The molecule has 1 aromatic rings. The van der Waals surface area contributed by atoms with Crippen molar-refractivity contribution in [2.75, 3.05) is 12.0 Å². The van der Waals surface area contributed by atoms with Crippen molar-refractivity contribution in [2.45, 2.75) is 26.4 Å². The summed E-state index contributed by atoms with van der Waals surface area (Å²) < 4.78 is 38.0. The summed E-state index contributed by atoms with van der Waals surface area (Å²) in [5.74, 6) is 4.89. The van der Waals surface area contributed by atoms with E-state index in [1.807, 2.05) is 13.8 Å². The molecule has 0 fully saturated rings. The molecule has 0 bridgehead atoms. The third-order valence-electron chi connectivity index (χ3n) is 3.06. The maximum Gasteiger partial charge on any atom is 0.416 e. The lowest BCUT2D eigenvalue weighted by atomic mass is 10.1. The number of hydrogen-bond acceptors (Lipinski definition) is 3. The zero-order valence-electron chi connectivity index (χ0n) is 11.3. The van der Waals surface area contributed by atoms with Crippen molar-refractivity contribution in [1.29, 1.82) is 0 Å². The highest BCUT2D eigenvalue weighted by atomic mass is 19.4. The molecule has 0 saturated carbocycles. The first kappa shape index (κ1) is 16.3. The highest BCUT2D eigenvalue weighted by Gasteiger charge is 2.31. The Balaban J connectivity index is 2.99. The summed E-state index contributed by atoms with van der Waals surface area (Å²) in [6.45, 7) is 4.30. The summed E-state index contributed by atoms with van der Waals surface area (Å²) >= 11 is 0. The fourth-order valence-electron chi connectivity index (χ4n) is 1.54. The van der Waals surface area contributed by atoms with E-state index in [1.54, 1.807) is 0 Å². The third kappa shape index (κ3) is 4.12. The molecule has 0 aliphatic rings. The molecule has 0 heterocycles. The van der Waals surface area contributed by atoms with Gasteiger partial charge in [-0.15, -0.1) is 0 Å². The Morgan fingerprint density at radius 3 is 2.55 bits per heavy atom. The molecule has 0 aliphatic heterocycles. The van der Waals surface area contributed by atoms with Crippen LogP contribution < -0.4 is 16.6 Å². The average molecular weight is 289 g/mol. The highest BCUT2D eigenvalue weighted by Crippen LogP contribution is 2.31. The second-order valence-electron chi connectivity index (χ2n) is 4.63. The Morgan fingerprint density at radius 2 is 2.05 bits per heavy atom. The van der Waals surface area contributed by atoms with Crippen LogP contribution in [0.3, 0.4) is 0 Å². The van der Waals surface area contributed by atoms with E-state index in [1.165, 1.54) is 0 Å². The summed E-state index contributed by atoms with van der Waals surface area (Å²) in [4.78, 5) is 11.9. The maximum absolute atomic E-state index is 12.7. The fraction of sp³-hybridized carbons (Fsp3) is 0.462. The lowest BCUT2D eigenvalue weighted by molar-refractivity contribution is -0.137. The lowest BCUT2D eigenvalue weighted by Gasteiger charge is -2.14. The van der Waals surface area contributed by atoms with Crippen LogP contribution >= 0.6 is 0 Å². The molecule has 0 saturated heterocycles. The van der Waals surface area contributed by atoms with Gasteiger partial charge in [-0.1, -0.05) is 20.3 Å². The van der Waals surface area contributed by atoms with Gasteiger partial charge in [-0.05, 0) is 24.1 Å². The van der Waals surface area contributed by atoms with Crippen molar-refractivity contribution in [3.8, 4) is 0 Å². The summed E-state index contributed by atoms with van der Waals surface area (Å²) in [5, 5.41) is 2.60. The van der Waals surface area contributed by atoms with Crippen LogP contribution in [0.4, 0.5) is 18.9 Å². The smallest absolute Gasteiger partial charge is 0.352 e. The molecule has 7 heteroatoms. The van der Waals surface area contributed by atoms with E-state index < -0.39 is 17.6 Å². The van der Waals surface area contributed by atoms with E-state index in [0.717, 1.165) is 24.6 Å². The molecule has 0 aliphatic carbocycles. The van der Waals surface area contributed by atoms with Crippen LogP contribution in [-0.2, 0) is 6.18 Å². The molecule has 0 spiro atoms. The second-order valence-corrected chi connectivity index (χ2v) is 4.63. The Labute approximate surface area is 115 Å². The van der Waals surface area contributed by atoms with E-state index in [2.05, 4.69) is 10.7 Å². The lowest BCUT2D eigenvalue weighted by Crippen LogP contribution is -2.29. The van der Waals surface area contributed by atoms with Crippen molar-refractivity contribution in [3.63, 3.8) is 0 Å². The molecule has 0 aromatic heterocycles. The molecule has 1 aromatic carbocycles.